The van der Waals surface area contributed by atoms with Crippen molar-refractivity contribution in [2.45, 2.75) is 0 Å². The van der Waals surface area contributed by atoms with E-state index in [1.54, 1.807) is 36.4 Å². The van der Waals surface area contributed by atoms with Gasteiger partial charge in [-0.2, -0.15) is 0 Å². The Bertz CT molecular complexity index is 594. The molecule has 0 spiro atoms. The highest BCUT2D eigenvalue weighted by molar-refractivity contribution is 6.32. The zero-order valence-corrected chi connectivity index (χ0v) is 10.8. The summed E-state index contributed by atoms with van der Waals surface area (Å²) in [4.78, 5) is 22.4. The van der Waals surface area contributed by atoms with Crippen molar-refractivity contribution in [3.05, 3.63) is 64.7 Å². The number of ketones is 1. The molecule has 2 rings (SSSR count). The van der Waals surface area contributed by atoms with Gasteiger partial charge in [0.15, 0.2) is 12.4 Å². The van der Waals surface area contributed by atoms with Gasteiger partial charge in [-0.25, -0.2) is 0 Å². The van der Waals surface area contributed by atoms with Crippen LogP contribution in [0.1, 0.15) is 20.7 Å². The van der Waals surface area contributed by atoms with E-state index in [1.165, 1.54) is 6.07 Å². The fourth-order valence-corrected chi connectivity index (χ4v) is 1.80. The van der Waals surface area contributed by atoms with Gasteiger partial charge < -0.3 is 4.74 Å². The van der Waals surface area contributed by atoms with E-state index in [-0.39, 0.29) is 12.4 Å². The largest absolute Gasteiger partial charge is 0.484 e. The number of halogens is 1. The number of benzene rings is 2. The zero-order chi connectivity index (χ0) is 13.7. The van der Waals surface area contributed by atoms with Crippen LogP contribution in [0, 0.1) is 0 Å². The Morgan fingerprint density at radius 2 is 1.89 bits per heavy atom. The fourth-order valence-electron chi connectivity index (χ4n) is 1.56. The van der Waals surface area contributed by atoms with E-state index < -0.39 is 0 Å². The van der Waals surface area contributed by atoms with Gasteiger partial charge in [0, 0.05) is 11.1 Å². The van der Waals surface area contributed by atoms with Gasteiger partial charge in [0.05, 0.1) is 5.02 Å². The molecule has 0 saturated heterocycles. The smallest absolute Gasteiger partial charge is 0.200 e. The minimum atomic E-state index is -0.129. The van der Waals surface area contributed by atoms with Crippen LogP contribution >= 0.6 is 11.6 Å². The molecule has 0 atom stereocenters. The summed E-state index contributed by atoms with van der Waals surface area (Å²) in [6.07, 6.45) is 0.699. The van der Waals surface area contributed by atoms with Crippen LogP contribution in [-0.2, 0) is 0 Å². The molecular weight excluding hydrogens is 264 g/mol. The van der Waals surface area contributed by atoms with E-state index in [0.29, 0.717) is 28.2 Å². The van der Waals surface area contributed by atoms with Gasteiger partial charge in [0.25, 0.3) is 0 Å². The first kappa shape index (κ1) is 13.3. The molecule has 3 nitrogen and oxygen atoms in total. The molecule has 19 heavy (non-hydrogen) atoms. The number of carbonyl (C=O) groups is 2. The monoisotopic (exact) mass is 274 g/mol. The lowest BCUT2D eigenvalue weighted by molar-refractivity contribution is 0.0921. The molecule has 0 aliphatic rings. The first-order valence-electron chi connectivity index (χ1n) is 5.66. The van der Waals surface area contributed by atoms with E-state index >= 15 is 0 Å². The van der Waals surface area contributed by atoms with Crippen LogP contribution in [0.2, 0.25) is 5.02 Å². The quantitative estimate of drug-likeness (QED) is 0.620. The first-order valence-corrected chi connectivity index (χ1v) is 6.04. The minimum absolute atomic E-state index is 0.0931. The molecule has 0 N–H and O–H groups in total. The topological polar surface area (TPSA) is 43.4 Å². The van der Waals surface area contributed by atoms with E-state index in [9.17, 15) is 9.59 Å². The second-order valence-corrected chi connectivity index (χ2v) is 4.29. The van der Waals surface area contributed by atoms with E-state index in [1.807, 2.05) is 6.07 Å². The molecule has 0 unspecified atom stereocenters. The summed E-state index contributed by atoms with van der Waals surface area (Å²) in [7, 11) is 0. The fraction of sp³-hybridized carbons (Fsp3) is 0.0667. The second kappa shape index (κ2) is 6.16. The maximum absolute atomic E-state index is 11.8. The van der Waals surface area contributed by atoms with Crippen molar-refractivity contribution in [1.82, 2.24) is 0 Å². The molecule has 0 aromatic heterocycles. The Balaban J connectivity index is 2.03. The minimum Gasteiger partial charge on any atom is -0.484 e. The second-order valence-electron chi connectivity index (χ2n) is 3.89. The van der Waals surface area contributed by atoms with Crippen molar-refractivity contribution in [2.75, 3.05) is 6.61 Å². The molecule has 0 heterocycles. The number of carbonyl (C=O) groups excluding carboxylic acids is 2. The Morgan fingerprint density at radius 1 is 1.16 bits per heavy atom. The Hall–Kier alpha value is -2.13. The normalized spacial score (nSPS) is 9.95. The van der Waals surface area contributed by atoms with Crippen molar-refractivity contribution in [3.8, 4) is 5.75 Å². The molecule has 4 heteroatoms. The molecule has 0 radical (unpaired) electrons. The lowest BCUT2D eigenvalue weighted by atomic mass is 10.1. The van der Waals surface area contributed by atoms with Crippen molar-refractivity contribution < 1.29 is 14.3 Å². The summed E-state index contributed by atoms with van der Waals surface area (Å²) in [5.41, 5.74) is 1.05. The average molecular weight is 275 g/mol. The molecule has 2 aromatic carbocycles. The van der Waals surface area contributed by atoms with Gasteiger partial charge in [0.2, 0.25) is 0 Å². The summed E-state index contributed by atoms with van der Waals surface area (Å²) in [6, 6.07) is 13.5. The van der Waals surface area contributed by atoms with E-state index in [2.05, 4.69) is 0 Å². The molecular formula is C15H11ClO3. The van der Waals surface area contributed by atoms with Crippen molar-refractivity contribution >= 4 is 23.7 Å². The number of hydrogen-bond acceptors (Lipinski definition) is 3. The van der Waals surface area contributed by atoms with Crippen LogP contribution in [0.15, 0.2) is 48.5 Å². The summed E-state index contributed by atoms with van der Waals surface area (Å²) in [6.45, 7) is -0.0931. The average Bonchev–Trinajstić information content (AvgIpc) is 2.46. The van der Waals surface area contributed by atoms with E-state index in [0.717, 1.165) is 0 Å². The molecule has 0 fully saturated rings. The van der Waals surface area contributed by atoms with Crippen molar-refractivity contribution in [1.29, 1.82) is 0 Å². The third-order valence-corrected chi connectivity index (χ3v) is 2.84. The number of aldehydes is 1. The summed E-state index contributed by atoms with van der Waals surface area (Å²) in [5, 5.41) is 0.311. The Morgan fingerprint density at radius 3 is 2.53 bits per heavy atom. The molecule has 0 aliphatic heterocycles. The third-order valence-electron chi connectivity index (χ3n) is 2.55. The molecule has 96 valence electrons. The molecule has 0 saturated carbocycles. The first-order chi connectivity index (χ1) is 9.20. The summed E-state index contributed by atoms with van der Waals surface area (Å²) >= 11 is 5.94. The van der Waals surface area contributed by atoms with Crippen LogP contribution in [0.3, 0.4) is 0 Å². The standard InChI is InChI=1S/C15H11ClO3/c16-13-8-11(9-17)6-7-15(13)19-10-14(18)12-4-2-1-3-5-12/h1-9H,10H2. The number of Topliss-reactive ketones (excluding diaryl/α,β-unsaturated/α-hetero) is 1. The zero-order valence-electron chi connectivity index (χ0n) is 10.0. The van der Waals surface area contributed by atoms with Gasteiger partial charge >= 0.3 is 0 Å². The van der Waals surface area contributed by atoms with Gasteiger partial charge in [0.1, 0.15) is 12.0 Å². The number of ether oxygens (including phenoxy) is 1. The van der Waals surface area contributed by atoms with Crippen LogP contribution in [0.4, 0.5) is 0 Å². The number of rotatable bonds is 5. The maximum atomic E-state index is 11.8. The van der Waals surface area contributed by atoms with Crippen LogP contribution < -0.4 is 4.74 Å². The van der Waals surface area contributed by atoms with Gasteiger partial charge in [-0.3, -0.25) is 9.59 Å². The summed E-state index contributed by atoms with van der Waals surface area (Å²) < 4.78 is 5.36. The SMILES string of the molecule is O=Cc1ccc(OCC(=O)c2ccccc2)c(Cl)c1. The highest BCUT2D eigenvalue weighted by Crippen LogP contribution is 2.25. The predicted molar refractivity (Wildman–Crippen MR) is 73.1 cm³/mol. The third kappa shape index (κ3) is 3.42. The van der Waals surface area contributed by atoms with Gasteiger partial charge in [-0.05, 0) is 18.2 Å². The maximum Gasteiger partial charge on any atom is 0.200 e. The molecule has 2 aromatic rings. The Labute approximate surface area is 115 Å². The number of hydrogen-bond donors (Lipinski definition) is 0. The predicted octanol–water partition coefficient (Wildman–Crippen LogP) is 3.41. The van der Waals surface area contributed by atoms with Gasteiger partial charge in [-0.15, -0.1) is 0 Å². The van der Waals surface area contributed by atoms with Gasteiger partial charge in [-0.1, -0.05) is 41.9 Å². The molecule has 0 amide bonds. The molecule has 0 aliphatic carbocycles. The van der Waals surface area contributed by atoms with E-state index in [4.69, 9.17) is 16.3 Å². The lowest BCUT2D eigenvalue weighted by Crippen LogP contribution is -2.11. The Kier molecular flexibility index (Phi) is 4.31. The van der Waals surface area contributed by atoms with Crippen molar-refractivity contribution in [3.63, 3.8) is 0 Å². The van der Waals surface area contributed by atoms with Crippen LogP contribution in [0.5, 0.6) is 5.75 Å². The highest BCUT2D eigenvalue weighted by atomic mass is 35.5. The van der Waals surface area contributed by atoms with Crippen molar-refractivity contribution in [2.24, 2.45) is 0 Å². The molecule has 0 bridgehead atoms. The van der Waals surface area contributed by atoms with Crippen LogP contribution in [-0.4, -0.2) is 18.7 Å². The highest BCUT2D eigenvalue weighted by Gasteiger charge is 2.08. The lowest BCUT2D eigenvalue weighted by Gasteiger charge is -2.07. The van der Waals surface area contributed by atoms with Crippen LogP contribution in [0.25, 0.3) is 0 Å². The summed E-state index contributed by atoms with van der Waals surface area (Å²) in [5.74, 6) is 0.257.